The van der Waals surface area contributed by atoms with Crippen molar-refractivity contribution in [2.24, 2.45) is 0 Å². The summed E-state index contributed by atoms with van der Waals surface area (Å²) < 4.78 is 7.48. The van der Waals surface area contributed by atoms with Crippen LogP contribution in [0.5, 0.6) is 0 Å². The van der Waals surface area contributed by atoms with Crippen molar-refractivity contribution in [1.82, 2.24) is 14.5 Å². The molecule has 1 aromatic carbocycles. The zero-order valence-electron chi connectivity index (χ0n) is 9.51. The molecule has 0 atom stereocenters. The molecule has 0 aliphatic rings. The predicted molar refractivity (Wildman–Crippen MR) is 69.5 cm³/mol. The Balaban J connectivity index is 2.33. The molecule has 2 heterocycles. The quantitative estimate of drug-likeness (QED) is 0.681. The summed E-state index contributed by atoms with van der Waals surface area (Å²) >= 11 is 5.12. The maximum atomic E-state index is 11.3. The Bertz CT molecular complexity index is 811. The van der Waals surface area contributed by atoms with Gasteiger partial charge in [0.05, 0.1) is 0 Å². The van der Waals surface area contributed by atoms with E-state index in [4.69, 9.17) is 16.6 Å². The second-order valence-corrected chi connectivity index (χ2v) is 4.27. The van der Waals surface area contributed by atoms with Crippen molar-refractivity contribution in [2.45, 2.75) is 6.92 Å². The summed E-state index contributed by atoms with van der Waals surface area (Å²) in [7, 11) is 0. The van der Waals surface area contributed by atoms with Gasteiger partial charge in [0.2, 0.25) is 0 Å². The van der Waals surface area contributed by atoms with Crippen LogP contribution in [0.4, 0.5) is 0 Å². The smallest absolute Gasteiger partial charge is 0.309 e. The van der Waals surface area contributed by atoms with Crippen molar-refractivity contribution in [3.8, 4) is 6.01 Å². The van der Waals surface area contributed by atoms with Gasteiger partial charge in [-0.15, -0.1) is 0 Å². The topological polar surface area (TPSA) is 63.8 Å². The van der Waals surface area contributed by atoms with Gasteiger partial charge in [-0.25, -0.2) is 4.57 Å². The van der Waals surface area contributed by atoms with Crippen LogP contribution in [0.2, 0.25) is 0 Å². The second kappa shape index (κ2) is 3.92. The lowest BCUT2D eigenvalue weighted by Gasteiger charge is -2.04. The van der Waals surface area contributed by atoms with Crippen molar-refractivity contribution in [3.63, 3.8) is 0 Å². The minimum atomic E-state index is -0.232. The number of aryl methyl sites for hydroxylation is 1. The summed E-state index contributed by atoms with van der Waals surface area (Å²) in [6, 6.07) is 9.24. The van der Waals surface area contributed by atoms with Gasteiger partial charge in [-0.2, -0.15) is 4.98 Å². The molecule has 0 saturated heterocycles. The molecule has 2 aromatic heterocycles. The molecule has 90 valence electrons. The van der Waals surface area contributed by atoms with Crippen LogP contribution >= 0.6 is 12.2 Å². The molecule has 0 radical (unpaired) electrons. The molecule has 5 nitrogen and oxygen atoms in total. The van der Waals surface area contributed by atoms with Gasteiger partial charge in [0.25, 0.3) is 5.56 Å². The molecule has 0 fully saturated rings. The Kier molecular flexibility index (Phi) is 2.38. The van der Waals surface area contributed by atoms with Crippen LogP contribution in [0.3, 0.4) is 0 Å². The maximum absolute atomic E-state index is 11.3. The van der Waals surface area contributed by atoms with Gasteiger partial charge >= 0.3 is 6.01 Å². The van der Waals surface area contributed by atoms with Crippen LogP contribution in [0.25, 0.3) is 17.1 Å². The number of aromatic amines is 1. The lowest BCUT2D eigenvalue weighted by atomic mass is 10.3. The maximum Gasteiger partial charge on any atom is 0.309 e. The third-order valence-corrected chi connectivity index (χ3v) is 2.88. The molecule has 0 amide bonds. The molecule has 0 spiro atoms. The van der Waals surface area contributed by atoms with Crippen molar-refractivity contribution in [3.05, 3.63) is 51.2 Å². The van der Waals surface area contributed by atoms with Gasteiger partial charge < -0.3 is 4.42 Å². The molecule has 18 heavy (non-hydrogen) atoms. The molecule has 0 bridgehead atoms. The van der Waals surface area contributed by atoms with Gasteiger partial charge in [-0.1, -0.05) is 12.1 Å². The van der Waals surface area contributed by atoms with Crippen molar-refractivity contribution < 1.29 is 4.42 Å². The van der Waals surface area contributed by atoms with Gasteiger partial charge in [0.1, 0.15) is 5.52 Å². The zero-order valence-corrected chi connectivity index (χ0v) is 10.3. The normalized spacial score (nSPS) is 10.9. The molecule has 0 aliphatic carbocycles. The highest BCUT2D eigenvalue weighted by molar-refractivity contribution is 7.71. The lowest BCUT2D eigenvalue weighted by Crippen LogP contribution is -2.13. The monoisotopic (exact) mass is 259 g/mol. The van der Waals surface area contributed by atoms with Crippen LogP contribution in [0.1, 0.15) is 5.69 Å². The number of oxazole rings is 1. The summed E-state index contributed by atoms with van der Waals surface area (Å²) in [5.41, 5.74) is 1.88. The first kappa shape index (κ1) is 10.9. The SMILES string of the molecule is Cc1cc(=O)[nH]c(=S)n1-c1nc2ccccc2o1. The minimum absolute atomic E-state index is 0.232. The predicted octanol–water partition coefficient (Wildman–Crippen LogP) is 2.34. The molecule has 0 aliphatic heterocycles. The summed E-state index contributed by atoms with van der Waals surface area (Å²) in [6.45, 7) is 1.78. The lowest BCUT2D eigenvalue weighted by molar-refractivity contribution is 0.552. The second-order valence-electron chi connectivity index (χ2n) is 3.88. The number of benzene rings is 1. The molecule has 1 N–H and O–H groups in total. The average Bonchev–Trinajstić information content (AvgIpc) is 2.70. The first-order valence-electron chi connectivity index (χ1n) is 5.34. The highest BCUT2D eigenvalue weighted by Crippen LogP contribution is 2.18. The van der Waals surface area contributed by atoms with Crippen molar-refractivity contribution in [2.75, 3.05) is 0 Å². The highest BCUT2D eigenvalue weighted by Gasteiger charge is 2.10. The van der Waals surface area contributed by atoms with E-state index in [1.807, 2.05) is 24.3 Å². The minimum Gasteiger partial charge on any atom is -0.423 e. The number of aromatic nitrogens is 3. The zero-order chi connectivity index (χ0) is 12.7. The van der Waals surface area contributed by atoms with Crippen LogP contribution in [-0.2, 0) is 0 Å². The number of para-hydroxylation sites is 2. The standard InChI is InChI=1S/C12H9N3O2S/c1-7-6-10(16)14-12(18)15(7)11-13-8-4-2-3-5-9(8)17-11/h2-6H,1H3,(H,14,16,18). The fourth-order valence-electron chi connectivity index (χ4n) is 1.81. The van der Waals surface area contributed by atoms with Crippen molar-refractivity contribution in [1.29, 1.82) is 0 Å². The molecular weight excluding hydrogens is 250 g/mol. The number of nitrogens with one attached hydrogen (secondary N) is 1. The first-order valence-corrected chi connectivity index (χ1v) is 5.75. The van der Waals surface area contributed by atoms with Gasteiger partial charge in [-0.05, 0) is 31.3 Å². The van der Waals surface area contributed by atoms with Crippen LogP contribution < -0.4 is 5.56 Å². The Morgan fingerprint density at radius 3 is 2.89 bits per heavy atom. The molecular formula is C12H9N3O2S. The number of hydrogen-bond acceptors (Lipinski definition) is 4. The van der Waals surface area contributed by atoms with E-state index in [-0.39, 0.29) is 10.3 Å². The van der Waals surface area contributed by atoms with Gasteiger partial charge in [0.15, 0.2) is 10.4 Å². The first-order chi connectivity index (χ1) is 8.65. The van der Waals surface area contributed by atoms with E-state index in [1.165, 1.54) is 6.07 Å². The van der Waals surface area contributed by atoms with Crippen LogP contribution in [0.15, 0.2) is 39.5 Å². The Hall–Kier alpha value is -2.21. The number of hydrogen-bond donors (Lipinski definition) is 1. The summed E-state index contributed by atoms with van der Waals surface area (Å²) in [6.07, 6.45) is 0. The third kappa shape index (κ3) is 1.67. The van der Waals surface area contributed by atoms with E-state index < -0.39 is 0 Å². The van der Waals surface area contributed by atoms with E-state index in [2.05, 4.69) is 9.97 Å². The van der Waals surface area contributed by atoms with E-state index in [1.54, 1.807) is 11.5 Å². The Morgan fingerprint density at radius 1 is 1.39 bits per heavy atom. The molecule has 0 unspecified atom stereocenters. The van der Waals surface area contributed by atoms with Gasteiger partial charge in [-0.3, -0.25) is 9.78 Å². The van der Waals surface area contributed by atoms with E-state index in [0.29, 0.717) is 17.3 Å². The number of nitrogens with zero attached hydrogens (tertiary/aromatic N) is 2. The summed E-state index contributed by atoms with van der Waals surface area (Å²) in [5, 5.41) is 0. The van der Waals surface area contributed by atoms with Crippen molar-refractivity contribution >= 4 is 23.3 Å². The number of rotatable bonds is 1. The third-order valence-electron chi connectivity index (χ3n) is 2.60. The average molecular weight is 259 g/mol. The van der Waals surface area contributed by atoms with Crippen LogP contribution in [0, 0.1) is 11.7 Å². The fourth-order valence-corrected chi connectivity index (χ4v) is 2.13. The van der Waals surface area contributed by atoms with Crippen LogP contribution in [-0.4, -0.2) is 14.5 Å². The Morgan fingerprint density at radius 2 is 2.17 bits per heavy atom. The molecule has 3 aromatic rings. The number of H-pyrrole nitrogens is 1. The molecule has 6 heteroatoms. The largest absolute Gasteiger partial charge is 0.423 e. The van der Waals surface area contributed by atoms with E-state index in [0.717, 1.165) is 5.52 Å². The number of fused-ring (bicyclic) bond motifs is 1. The molecule has 3 rings (SSSR count). The van der Waals surface area contributed by atoms with Gasteiger partial charge in [0, 0.05) is 11.8 Å². The highest BCUT2D eigenvalue weighted by atomic mass is 32.1. The Labute approximate surface area is 107 Å². The van der Waals surface area contributed by atoms with E-state index >= 15 is 0 Å². The van der Waals surface area contributed by atoms with E-state index in [9.17, 15) is 4.79 Å². The fraction of sp³-hybridized carbons (Fsp3) is 0.0833. The summed E-state index contributed by atoms with van der Waals surface area (Å²) in [5.74, 6) is 0. The molecule has 0 saturated carbocycles. The summed E-state index contributed by atoms with van der Waals surface area (Å²) in [4.78, 5) is 18.2.